The monoisotopic (exact) mass is 525 g/mol. The highest BCUT2D eigenvalue weighted by atomic mass is 32.1. The van der Waals surface area contributed by atoms with E-state index in [9.17, 15) is 0 Å². The molecule has 0 bridgehead atoms. The second kappa shape index (κ2) is 14.0. The SMILES string of the molecule is CC.CS.c1ccc(-c2ccc(Nc3ccc(-c4cccc5ccccc45)cc3)c(-c3ccccc3)c2)cc1. The topological polar surface area (TPSA) is 12.0 Å². The Bertz CT molecular complexity index is 1590. The van der Waals surface area contributed by atoms with Crippen molar-refractivity contribution < 1.29 is 0 Å². The first-order valence-electron chi connectivity index (χ1n) is 13.4. The number of fused-ring (bicyclic) bond motifs is 1. The smallest absolute Gasteiger partial charge is 0.0464 e. The minimum absolute atomic E-state index is 1.07. The van der Waals surface area contributed by atoms with E-state index in [0.717, 1.165) is 11.4 Å². The van der Waals surface area contributed by atoms with Gasteiger partial charge in [-0.05, 0) is 69.1 Å². The first-order chi connectivity index (χ1) is 19.3. The number of hydrogen-bond acceptors (Lipinski definition) is 2. The number of benzene rings is 6. The van der Waals surface area contributed by atoms with E-state index >= 15 is 0 Å². The maximum atomic E-state index is 3.67. The number of nitrogens with one attached hydrogen (secondary N) is 1. The molecule has 0 aromatic heterocycles. The molecule has 6 rings (SSSR count). The standard InChI is InChI=1S/C34H25N.C2H6.CH4S/c1-3-10-25(11-4-1)29-20-23-34(33(24-29)27-12-5-2-6-13-27)35-30-21-18-28(19-22-30)32-17-9-15-26-14-7-8-16-31(26)32;2*1-2/h1-24,35H;1-2H3;2H,1H3. The summed E-state index contributed by atoms with van der Waals surface area (Å²) in [4.78, 5) is 0. The van der Waals surface area contributed by atoms with Crippen LogP contribution in [0, 0.1) is 0 Å². The van der Waals surface area contributed by atoms with Gasteiger partial charge in [-0.15, -0.1) is 0 Å². The van der Waals surface area contributed by atoms with Crippen LogP contribution in [0.1, 0.15) is 13.8 Å². The largest absolute Gasteiger partial charge is 0.355 e. The molecule has 0 saturated heterocycles. The average Bonchev–Trinajstić information content (AvgIpc) is 3.04. The average molecular weight is 526 g/mol. The Morgan fingerprint density at radius 1 is 0.436 bits per heavy atom. The Hall–Kier alpha value is -4.27. The van der Waals surface area contributed by atoms with Gasteiger partial charge in [-0.3, -0.25) is 0 Å². The van der Waals surface area contributed by atoms with Crippen molar-refractivity contribution in [3.63, 3.8) is 0 Å². The number of anilines is 2. The molecule has 1 N–H and O–H groups in total. The van der Waals surface area contributed by atoms with Gasteiger partial charge in [0.1, 0.15) is 0 Å². The van der Waals surface area contributed by atoms with E-state index in [0.29, 0.717) is 0 Å². The lowest BCUT2D eigenvalue weighted by Crippen LogP contribution is -1.94. The predicted octanol–water partition coefficient (Wildman–Crippen LogP) is 11.2. The van der Waals surface area contributed by atoms with Crippen LogP contribution in [0.3, 0.4) is 0 Å². The third-order valence-electron chi connectivity index (χ3n) is 6.48. The molecule has 0 fully saturated rings. The quantitative estimate of drug-likeness (QED) is 0.213. The van der Waals surface area contributed by atoms with Crippen molar-refractivity contribution in [3.8, 4) is 33.4 Å². The fourth-order valence-electron chi connectivity index (χ4n) is 4.69. The molecule has 0 spiro atoms. The van der Waals surface area contributed by atoms with Crippen molar-refractivity contribution in [1.82, 2.24) is 0 Å². The minimum atomic E-state index is 1.07. The van der Waals surface area contributed by atoms with Crippen molar-refractivity contribution in [2.24, 2.45) is 0 Å². The van der Waals surface area contributed by atoms with Crippen molar-refractivity contribution in [1.29, 1.82) is 0 Å². The van der Waals surface area contributed by atoms with Crippen molar-refractivity contribution >= 4 is 34.8 Å². The van der Waals surface area contributed by atoms with Crippen molar-refractivity contribution in [2.45, 2.75) is 13.8 Å². The van der Waals surface area contributed by atoms with Crippen LogP contribution in [0.15, 0.2) is 146 Å². The van der Waals surface area contributed by atoms with Crippen LogP contribution in [0.4, 0.5) is 11.4 Å². The summed E-state index contributed by atoms with van der Waals surface area (Å²) >= 11 is 3.53. The van der Waals surface area contributed by atoms with E-state index in [4.69, 9.17) is 0 Å². The maximum Gasteiger partial charge on any atom is 0.0464 e. The van der Waals surface area contributed by atoms with Gasteiger partial charge in [0.25, 0.3) is 0 Å². The maximum absolute atomic E-state index is 3.67. The van der Waals surface area contributed by atoms with E-state index in [2.05, 4.69) is 164 Å². The van der Waals surface area contributed by atoms with Crippen LogP contribution in [0.25, 0.3) is 44.2 Å². The summed E-state index contributed by atoms with van der Waals surface area (Å²) in [5, 5.41) is 6.20. The van der Waals surface area contributed by atoms with Crippen LogP contribution in [-0.2, 0) is 0 Å². The van der Waals surface area contributed by atoms with Gasteiger partial charge in [0.05, 0.1) is 0 Å². The highest BCUT2D eigenvalue weighted by Crippen LogP contribution is 2.35. The highest BCUT2D eigenvalue weighted by molar-refractivity contribution is 7.79. The molecule has 0 saturated carbocycles. The van der Waals surface area contributed by atoms with Gasteiger partial charge in [-0.25, -0.2) is 0 Å². The molecule has 39 heavy (non-hydrogen) atoms. The Morgan fingerprint density at radius 2 is 0.974 bits per heavy atom. The van der Waals surface area contributed by atoms with Gasteiger partial charge in [0.2, 0.25) is 0 Å². The highest BCUT2D eigenvalue weighted by Gasteiger charge is 2.09. The zero-order chi connectivity index (χ0) is 27.5. The first-order valence-corrected chi connectivity index (χ1v) is 14.3. The van der Waals surface area contributed by atoms with Crippen LogP contribution >= 0.6 is 12.6 Å². The summed E-state index contributed by atoms with van der Waals surface area (Å²) < 4.78 is 0. The molecule has 6 aromatic rings. The lowest BCUT2D eigenvalue weighted by Gasteiger charge is -2.15. The Labute approximate surface area is 238 Å². The predicted molar refractivity (Wildman–Crippen MR) is 176 cm³/mol. The molecule has 0 unspecified atom stereocenters. The second-order valence-electron chi connectivity index (χ2n) is 8.72. The Kier molecular flexibility index (Phi) is 9.99. The van der Waals surface area contributed by atoms with E-state index < -0.39 is 0 Å². The zero-order valence-corrected chi connectivity index (χ0v) is 23.7. The third kappa shape index (κ3) is 6.60. The first kappa shape index (κ1) is 27.8. The van der Waals surface area contributed by atoms with E-state index in [1.54, 1.807) is 6.26 Å². The molecular weight excluding hydrogens is 490 g/mol. The lowest BCUT2D eigenvalue weighted by molar-refractivity contribution is 1.50. The van der Waals surface area contributed by atoms with Crippen LogP contribution < -0.4 is 5.32 Å². The summed E-state index contributed by atoms with van der Waals surface area (Å²) in [6, 6.07) is 51.5. The van der Waals surface area contributed by atoms with E-state index in [1.807, 2.05) is 13.8 Å². The summed E-state index contributed by atoms with van der Waals surface area (Å²) in [6.07, 6.45) is 1.69. The third-order valence-corrected chi connectivity index (χ3v) is 6.48. The number of rotatable bonds is 5. The summed E-state index contributed by atoms with van der Waals surface area (Å²) in [7, 11) is 0. The van der Waals surface area contributed by atoms with Gasteiger partial charge >= 0.3 is 0 Å². The van der Waals surface area contributed by atoms with Gasteiger partial charge in [-0.2, -0.15) is 12.6 Å². The van der Waals surface area contributed by atoms with Gasteiger partial charge in [-0.1, -0.05) is 135 Å². The Morgan fingerprint density at radius 3 is 1.67 bits per heavy atom. The fourth-order valence-corrected chi connectivity index (χ4v) is 4.69. The summed E-state index contributed by atoms with van der Waals surface area (Å²) in [5.41, 5.74) is 9.44. The van der Waals surface area contributed by atoms with Gasteiger partial charge in [0, 0.05) is 16.9 Å². The molecule has 0 heterocycles. The summed E-state index contributed by atoms with van der Waals surface area (Å²) in [6.45, 7) is 4.00. The van der Waals surface area contributed by atoms with Crippen LogP contribution in [0.5, 0.6) is 0 Å². The van der Waals surface area contributed by atoms with Gasteiger partial charge in [0.15, 0.2) is 0 Å². The fraction of sp³-hybridized carbons (Fsp3) is 0.0811. The van der Waals surface area contributed by atoms with E-state index in [1.165, 1.54) is 44.2 Å². The van der Waals surface area contributed by atoms with Crippen LogP contribution in [-0.4, -0.2) is 6.26 Å². The van der Waals surface area contributed by atoms with Crippen LogP contribution in [0.2, 0.25) is 0 Å². The number of hydrogen-bond donors (Lipinski definition) is 2. The molecule has 1 nitrogen and oxygen atoms in total. The normalized spacial score (nSPS) is 10.1. The second-order valence-corrected chi connectivity index (χ2v) is 8.72. The molecule has 6 aromatic carbocycles. The Balaban J connectivity index is 0.000000845. The number of thiol groups is 1. The molecule has 194 valence electrons. The molecular formula is C37H35NS. The zero-order valence-electron chi connectivity index (χ0n) is 22.8. The minimum Gasteiger partial charge on any atom is -0.355 e. The molecule has 0 radical (unpaired) electrons. The van der Waals surface area contributed by atoms with Crippen molar-refractivity contribution in [3.05, 3.63) is 146 Å². The summed E-state index contributed by atoms with van der Waals surface area (Å²) in [5.74, 6) is 0. The molecule has 0 amide bonds. The van der Waals surface area contributed by atoms with Gasteiger partial charge < -0.3 is 5.32 Å². The lowest BCUT2D eigenvalue weighted by atomic mass is 9.97. The molecule has 0 atom stereocenters. The molecule has 2 heteroatoms. The molecule has 0 aliphatic rings. The molecule has 0 aliphatic heterocycles. The van der Waals surface area contributed by atoms with E-state index in [-0.39, 0.29) is 0 Å². The molecule has 0 aliphatic carbocycles. The van der Waals surface area contributed by atoms with Crippen molar-refractivity contribution in [2.75, 3.05) is 11.6 Å².